The second-order valence-corrected chi connectivity index (χ2v) is 8.80. The lowest BCUT2D eigenvalue weighted by Crippen LogP contribution is -2.56. The fourth-order valence-electron chi connectivity index (χ4n) is 6.89. The molecule has 4 aliphatic rings. The Morgan fingerprint density at radius 3 is 2.62 bits per heavy atom. The summed E-state index contributed by atoms with van der Waals surface area (Å²) in [5.74, 6) is 2.83. The van der Waals surface area contributed by atoms with E-state index in [1.807, 2.05) is 0 Å². The fourth-order valence-corrected chi connectivity index (χ4v) is 6.89. The van der Waals surface area contributed by atoms with Gasteiger partial charge in [0, 0.05) is 24.2 Å². The van der Waals surface area contributed by atoms with E-state index >= 15 is 0 Å². The number of Topliss-reactive ketones (excluding diaryl/α,β-unsaturated/α-hetero) is 2. The van der Waals surface area contributed by atoms with Crippen molar-refractivity contribution in [2.24, 2.45) is 34.5 Å². The average molecular weight is 288 g/mol. The Morgan fingerprint density at radius 2 is 1.81 bits per heavy atom. The van der Waals surface area contributed by atoms with Crippen LogP contribution in [0.1, 0.15) is 71.6 Å². The summed E-state index contributed by atoms with van der Waals surface area (Å²) in [6, 6.07) is 0. The van der Waals surface area contributed by atoms with Crippen LogP contribution in [0.4, 0.5) is 0 Å². The van der Waals surface area contributed by atoms with Gasteiger partial charge in [-0.1, -0.05) is 26.7 Å². The molecular weight excluding hydrogens is 260 g/mol. The standard InChI is InChI=1S/C19H28O2/c1-18-10-4-3-5-12(18)6-7-13-14-8-9-16(21)19(14,2)11-15(20)17(13)18/h12-14,17H,3-11H2,1-2H3/t12-,13-,14-,17+,18+,19+/m1/s1. The lowest BCUT2D eigenvalue weighted by atomic mass is 9.45. The third-order valence-electron chi connectivity index (χ3n) is 7.98. The number of hydrogen-bond donors (Lipinski definition) is 0. The summed E-state index contributed by atoms with van der Waals surface area (Å²) >= 11 is 0. The molecule has 4 aliphatic carbocycles. The Morgan fingerprint density at radius 1 is 1.00 bits per heavy atom. The zero-order valence-corrected chi connectivity index (χ0v) is 13.5. The minimum atomic E-state index is -0.309. The molecule has 0 saturated heterocycles. The van der Waals surface area contributed by atoms with Gasteiger partial charge in [-0.25, -0.2) is 0 Å². The zero-order valence-electron chi connectivity index (χ0n) is 13.5. The third-order valence-corrected chi connectivity index (χ3v) is 7.98. The second-order valence-electron chi connectivity index (χ2n) is 8.80. The van der Waals surface area contributed by atoms with Crippen LogP contribution < -0.4 is 0 Å². The molecule has 21 heavy (non-hydrogen) atoms. The third kappa shape index (κ3) is 1.71. The lowest BCUT2D eigenvalue weighted by molar-refractivity contribution is -0.159. The highest BCUT2D eigenvalue weighted by atomic mass is 16.1. The summed E-state index contributed by atoms with van der Waals surface area (Å²) in [7, 11) is 0. The van der Waals surface area contributed by atoms with Crippen molar-refractivity contribution < 1.29 is 9.59 Å². The SMILES string of the molecule is C[C@]12CCCC[C@@H]1CC[C@H]1[C@H]2C(=O)C[C@]2(C)C(=O)CC[C@H]12. The molecule has 2 nitrogen and oxygen atoms in total. The molecule has 116 valence electrons. The van der Waals surface area contributed by atoms with E-state index in [0.717, 1.165) is 18.8 Å². The first-order chi connectivity index (χ1) is 9.97. The predicted molar refractivity (Wildman–Crippen MR) is 81.7 cm³/mol. The van der Waals surface area contributed by atoms with Gasteiger partial charge in [-0.05, 0) is 55.3 Å². The highest BCUT2D eigenvalue weighted by Gasteiger charge is 2.62. The van der Waals surface area contributed by atoms with Crippen LogP contribution in [-0.4, -0.2) is 11.6 Å². The molecule has 2 heteroatoms. The van der Waals surface area contributed by atoms with E-state index in [0.29, 0.717) is 29.8 Å². The lowest BCUT2D eigenvalue weighted by Gasteiger charge is -2.58. The molecule has 0 aromatic heterocycles. The number of ketones is 2. The highest BCUT2D eigenvalue weighted by molar-refractivity contribution is 5.95. The van der Waals surface area contributed by atoms with Crippen LogP contribution in [-0.2, 0) is 9.59 Å². The molecule has 4 fully saturated rings. The summed E-state index contributed by atoms with van der Waals surface area (Å²) in [4.78, 5) is 25.4. The quantitative estimate of drug-likeness (QED) is 0.670. The van der Waals surface area contributed by atoms with Crippen molar-refractivity contribution >= 4 is 11.6 Å². The summed E-state index contributed by atoms with van der Waals surface area (Å²) in [5, 5.41) is 0. The van der Waals surface area contributed by atoms with Crippen molar-refractivity contribution in [3.63, 3.8) is 0 Å². The smallest absolute Gasteiger partial charge is 0.139 e. The normalized spacial score (nSPS) is 53.0. The highest BCUT2D eigenvalue weighted by Crippen LogP contribution is 2.64. The van der Waals surface area contributed by atoms with Crippen molar-refractivity contribution in [3.8, 4) is 0 Å². The van der Waals surface area contributed by atoms with E-state index in [4.69, 9.17) is 0 Å². The maximum absolute atomic E-state index is 13.0. The summed E-state index contributed by atoms with van der Waals surface area (Å²) < 4.78 is 0. The number of carbonyl (C=O) groups is 2. The van der Waals surface area contributed by atoms with E-state index in [1.54, 1.807) is 0 Å². The topological polar surface area (TPSA) is 34.1 Å². The Bertz CT molecular complexity index is 496. The molecule has 0 aromatic carbocycles. The summed E-state index contributed by atoms with van der Waals surface area (Å²) in [5.41, 5.74) is -0.0681. The summed E-state index contributed by atoms with van der Waals surface area (Å²) in [6.45, 7) is 4.50. The summed E-state index contributed by atoms with van der Waals surface area (Å²) in [6.07, 6.45) is 10.0. The zero-order chi connectivity index (χ0) is 14.8. The first-order valence-corrected chi connectivity index (χ1v) is 9.03. The Labute approximate surface area is 128 Å². The molecule has 4 saturated carbocycles. The molecule has 0 spiro atoms. The monoisotopic (exact) mass is 288 g/mol. The fraction of sp³-hybridized carbons (Fsp3) is 0.895. The van der Waals surface area contributed by atoms with Gasteiger partial charge in [0.05, 0.1) is 0 Å². The molecule has 0 radical (unpaired) electrons. The predicted octanol–water partition coefficient (Wildman–Crippen LogP) is 4.17. The van der Waals surface area contributed by atoms with E-state index < -0.39 is 0 Å². The van der Waals surface area contributed by atoms with Gasteiger partial charge in [0.2, 0.25) is 0 Å². The Hall–Kier alpha value is -0.660. The van der Waals surface area contributed by atoms with Gasteiger partial charge >= 0.3 is 0 Å². The van der Waals surface area contributed by atoms with Crippen LogP contribution in [0.5, 0.6) is 0 Å². The van der Waals surface area contributed by atoms with Gasteiger partial charge < -0.3 is 0 Å². The molecule has 6 atom stereocenters. The van der Waals surface area contributed by atoms with Crippen molar-refractivity contribution in [2.45, 2.75) is 71.6 Å². The van der Waals surface area contributed by atoms with Crippen molar-refractivity contribution in [3.05, 3.63) is 0 Å². The van der Waals surface area contributed by atoms with Gasteiger partial charge in [-0.15, -0.1) is 0 Å². The van der Waals surface area contributed by atoms with Crippen molar-refractivity contribution in [1.29, 1.82) is 0 Å². The van der Waals surface area contributed by atoms with Crippen LogP contribution in [0.3, 0.4) is 0 Å². The van der Waals surface area contributed by atoms with E-state index in [9.17, 15) is 9.59 Å². The van der Waals surface area contributed by atoms with Gasteiger partial charge in [-0.2, -0.15) is 0 Å². The molecular formula is C19H28O2. The van der Waals surface area contributed by atoms with Gasteiger partial charge in [0.1, 0.15) is 11.6 Å². The maximum atomic E-state index is 13.0. The van der Waals surface area contributed by atoms with Crippen LogP contribution in [0.25, 0.3) is 0 Å². The van der Waals surface area contributed by atoms with Gasteiger partial charge in [0.15, 0.2) is 0 Å². The first kappa shape index (κ1) is 14.0. The van der Waals surface area contributed by atoms with E-state index in [-0.39, 0.29) is 16.7 Å². The van der Waals surface area contributed by atoms with E-state index in [2.05, 4.69) is 13.8 Å². The molecule has 4 rings (SSSR count). The Balaban J connectivity index is 1.73. The van der Waals surface area contributed by atoms with Crippen LogP contribution in [0.15, 0.2) is 0 Å². The van der Waals surface area contributed by atoms with E-state index in [1.165, 1.54) is 38.5 Å². The molecule has 0 aromatic rings. The van der Waals surface area contributed by atoms with Gasteiger partial charge in [-0.3, -0.25) is 9.59 Å². The maximum Gasteiger partial charge on any atom is 0.139 e. The molecule has 0 N–H and O–H groups in total. The number of carbonyl (C=O) groups excluding carboxylic acids is 2. The molecule has 0 aliphatic heterocycles. The molecule has 0 unspecified atom stereocenters. The minimum absolute atomic E-state index is 0.241. The van der Waals surface area contributed by atoms with Crippen molar-refractivity contribution in [1.82, 2.24) is 0 Å². The first-order valence-electron chi connectivity index (χ1n) is 9.03. The molecule has 0 bridgehead atoms. The average Bonchev–Trinajstić information content (AvgIpc) is 2.73. The largest absolute Gasteiger partial charge is 0.299 e. The molecule has 0 amide bonds. The van der Waals surface area contributed by atoms with Crippen LogP contribution in [0.2, 0.25) is 0 Å². The minimum Gasteiger partial charge on any atom is -0.299 e. The molecule has 0 heterocycles. The van der Waals surface area contributed by atoms with Crippen LogP contribution in [0, 0.1) is 34.5 Å². The number of hydrogen-bond acceptors (Lipinski definition) is 2. The number of rotatable bonds is 0. The van der Waals surface area contributed by atoms with Crippen LogP contribution >= 0.6 is 0 Å². The number of fused-ring (bicyclic) bond motifs is 5. The van der Waals surface area contributed by atoms with Gasteiger partial charge in [0.25, 0.3) is 0 Å². The second kappa shape index (κ2) is 4.43. The van der Waals surface area contributed by atoms with Crippen molar-refractivity contribution in [2.75, 3.05) is 0 Å². The Kier molecular flexibility index (Phi) is 2.94.